The number of carbonyl (C=O) groups is 2. The molecule has 1 amide bonds. The van der Waals surface area contributed by atoms with Gasteiger partial charge in [0.05, 0.1) is 31.0 Å². The lowest BCUT2D eigenvalue weighted by molar-refractivity contribution is -0.117. The predicted octanol–water partition coefficient (Wildman–Crippen LogP) is 3.03. The van der Waals surface area contributed by atoms with Gasteiger partial charge < -0.3 is 10.5 Å². The Labute approximate surface area is 154 Å². The van der Waals surface area contributed by atoms with Crippen molar-refractivity contribution in [1.82, 2.24) is 4.98 Å². The summed E-state index contributed by atoms with van der Waals surface area (Å²) in [5.74, 6) is -0.917. The summed E-state index contributed by atoms with van der Waals surface area (Å²) in [4.78, 5) is 30.4. The van der Waals surface area contributed by atoms with Gasteiger partial charge in [0.25, 0.3) is 0 Å². The van der Waals surface area contributed by atoms with Gasteiger partial charge >= 0.3 is 5.97 Å². The molecule has 0 atom stereocenters. The van der Waals surface area contributed by atoms with Gasteiger partial charge in [-0.1, -0.05) is 11.6 Å². The first-order chi connectivity index (χ1) is 12.3. The van der Waals surface area contributed by atoms with Crippen LogP contribution in [-0.4, -0.2) is 23.5 Å². The number of aryl methyl sites for hydroxylation is 1. The molecule has 0 aliphatic carbocycles. The van der Waals surface area contributed by atoms with Crippen LogP contribution in [0, 0.1) is 12.7 Å². The predicted molar refractivity (Wildman–Crippen MR) is 95.6 cm³/mol. The number of pyridine rings is 1. The van der Waals surface area contributed by atoms with E-state index < -0.39 is 11.8 Å². The van der Waals surface area contributed by atoms with Crippen LogP contribution in [0.15, 0.2) is 18.2 Å². The summed E-state index contributed by atoms with van der Waals surface area (Å²) in [6.45, 7) is 3.64. The highest BCUT2D eigenvalue weighted by Gasteiger charge is 2.34. The van der Waals surface area contributed by atoms with Gasteiger partial charge in [0.1, 0.15) is 17.2 Å². The Morgan fingerprint density at radius 2 is 2.15 bits per heavy atom. The largest absolute Gasteiger partial charge is 0.462 e. The van der Waals surface area contributed by atoms with Gasteiger partial charge in [0.15, 0.2) is 0 Å². The van der Waals surface area contributed by atoms with Crippen LogP contribution in [0.4, 0.5) is 15.9 Å². The third-order valence-electron chi connectivity index (χ3n) is 4.13. The van der Waals surface area contributed by atoms with E-state index in [9.17, 15) is 14.0 Å². The number of aromatic nitrogens is 1. The topological polar surface area (TPSA) is 85.5 Å². The van der Waals surface area contributed by atoms with Gasteiger partial charge in [-0.15, -0.1) is 0 Å². The van der Waals surface area contributed by atoms with E-state index >= 15 is 0 Å². The first-order valence-electron chi connectivity index (χ1n) is 8.03. The van der Waals surface area contributed by atoms with Crippen LogP contribution in [0.5, 0.6) is 0 Å². The number of nitrogens with two attached hydrogens (primary N) is 1. The van der Waals surface area contributed by atoms with Crippen LogP contribution in [0.1, 0.15) is 34.1 Å². The Bertz CT molecular complexity index is 897. The maximum Gasteiger partial charge on any atom is 0.342 e. The molecule has 1 aliphatic rings. The average molecular weight is 378 g/mol. The number of halogens is 2. The van der Waals surface area contributed by atoms with Gasteiger partial charge in [-0.25, -0.2) is 14.2 Å². The second-order valence-corrected chi connectivity index (χ2v) is 6.38. The van der Waals surface area contributed by atoms with Gasteiger partial charge in [-0.3, -0.25) is 9.69 Å². The van der Waals surface area contributed by atoms with Crippen LogP contribution < -0.4 is 10.6 Å². The molecule has 1 aromatic heterocycles. The van der Waals surface area contributed by atoms with Crippen molar-refractivity contribution in [2.45, 2.75) is 26.8 Å². The smallest absolute Gasteiger partial charge is 0.342 e. The van der Waals surface area contributed by atoms with Crippen LogP contribution in [0.25, 0.3) is 0 Å². The maximum absolute atomic E-state index is 13.6. The second-order valence-electron chi connectivity index (χ2n) is 5.94. The number of hydrogen-bond donors (Lipinski definition) is 1. The van der Waals surface area contributed by atoms with Gasteiger partial charge in [0.2, 0.25) is 5.91 Å². The van der Waals surface area contributed by atoms with Crippen molar-refractivity contribution in [3.05, 3.63) is 51.4 Å². The number of anilines is 2. The molecule has 3 rings (SSSR count). The fourth-order valence-electron chi connectivity index (χ4n) is 3.02. The standard InChI is InChI=1S/C18H17ClFN3O3/c1-3-26-18(25)15-9(2)22-17-13(16(15)21)7-14(24)23(17)8-10-4-11(19)6-12(20)5-10/h4-6H,3,7-8H2,1-2H3,(H2,21,22). The molecule has 2 heterocycles. The van der Waals surface area contributed by atoms with Crippen LogP contribution in [-0.2, 0) is 22.5 Å². The molecule has 0 saturated heterocycles. The zero-order valence-corrected chi connectivity index (χ0v) is 15.1. The highest BCUT2D eigenvalue weighted by molar-refractivity contribution is 6.30. The third-order valence-corrected chi connectivity index (χ3v) is 4.35. The molecule has 6 nitrogen and oxygen atoms in total. The number of benzene rings is 1. The fourth-order valence-corrected chi connectivity index (χ4v) is 3.26. The van der Waals surface area contributed by atoms with E-state index in [0.29, 0.717) is 22.6 Å². The van der Waals surface area contributed by atoms with E-state index in [1.165, 1.54) is 17.0 Å². The lowest BCUT2D eigenvalue weighted by Gasteiger charge is -2.19. The quantitative estimate of drug-likeness (QED) is 0.828. The molecule has 26 heavy (non-hydrogen) atoms. The molecule has 1 aromatic carbocycles. The molecule has 0 radical (unpaired) electrons. The van der Waals surface area contributed by atoms with E-state index in [2.05, 4.69) is 4.98 Å². The number of hydrogen-bond acceptors (Lipinski definition) is 5. The molecule has 8 heteroatoms. The third kappa shape index (κ3) is 3.22. The number of ether oxygens (including phenoxy) is 1. The summed E-state index contributed by atoms with van der Waals surface area (Å²) in [7, 11) is 0. The Morgan fingerprint density at radius 3 is 2.81 bits per heavy atom. The van der Waals surface area contributed by atoms with Crippen LogP contribution >= 0.6 is 11.6 Å². The SMILES string of the molecule is CCOC(=O)c1c(C)nc2c(c1N)CC(=O)N2Cc1cc(F)cc(Cl)c1. The van der Waals surface area contributed by atoms with Crippen molar-refractivity contribution in [2.75, 3.05) is 17.2 Å². The molecular weight excluding hydrogens is 361 g/mol. The van der Waals surface area contributed by atoms with Crippen LogP contribution in [0.2, 0.25) is 5.02 Å². The number of carbonyl (C=O) groups excluding carboxylic acids is 2. The summed E-state index contributed by atoms with van der Waals surface area (Å²) >= 11 is 5.88. The number of esters is 1. The van der Waals surface area contributed by atoms with Gasteiger partial charge in [-0.05, 0) is 37.6 Å². The van der Waals surface area contributed by atoms with Gasteiger partial charge in [0, 0.05) is 10.6 Å². The average Bonchev–Trinajstić information content (AvgIpc) is 2.83. The molecule has 1 aliphatic heterocycles. The Morgan fingerprint density at radius 1 is 1.42 bits per heavy atom. The van der Waals surface area contributed by atoms with E-state index in [1.807, 2.05) is 0 Å². The maximum atomic E-state index is 13.6. The molecule has 136 valence electrons. The molecule has 0 unspecified atom stereocenters. The normalized spacial score (nSPS) is 13.1. The lowest BCUT2D eigenvalue weighted by atomic mass is 10.1. The monoisotopic (exact) mass is 377 g/mol. The highest BCUT2D eigenvalue weighted by Crippen LogP contribution is 2.36. The minimum absolute atomic E-state index is 0.0178. The highest BCUT2D eigenvalue weighted by atomic mass is 35.5. The van der Waals surface area contributed by atoms with Crippen LogP contribution in [0.3, 0.4) is 0 Å². The number of nitrogens with zero attached hydrogens (tertiary/aromatic N) is 2. The minimum atomic E-state index is -0.569. The number of nitrogen functional groups attached to an aromatic ring is 1. The summed E-state index contributed by atoms with van der Waals surface area (Å²) < 4.78 is 18.6. The Hall–Kier alpha value is -2.67. The van der Waals surface area contributed by atoms with Crippen molar-refractivity contribution >= 4 is 35.0 Å². The van der Waals surface area contributed by atoms with E-state index in [-0.39, 0.29) is 41.8 Å². The number of fused-ring (bicyclic) bond motifs is 1. The fraction of sp³-hybridized carbons (Fsp3) is 0.278. The van der Waals surface area contributed by atoms with E-state index in [4.69, 9.17) is 22.1 Å². The summed E-state index contributed by atoms with van der Waals surface area (Å²) in [6, 6.07) is 4.08. The van der Waals surface area contributed by atoms with Crippen molar-refractivity contribution in [3.8, 4) is 0 Å². The number of amides is 1. The van der Waals surface area contributed by atoms with Crippen molar-refractivity contribution in [3.63, 3.8) is 0 Å². The molecule has 2 aromatic rings. The van der Waals surface area contributed by atoms with Crippen molar-refractivity contribution in [2.24, 2.45) is 0 Å². The second kappa shape index (κ2) is 6.92. The van der Waals surface area contributed by atoms with E-state index in [0.717, 1.165) is 0 Å². The van der Waals surface area contributed by atoms with E-state index in [1.54, 1.807) is 19.9 Å². The molecule has 2 N–H and O–H groups in total. The van der Waals surface area contributed by atoms with Crippen molar-refractivity contribution in [1.29, 1.82) is 0 Å². The summed E-state index contributed by atoms with van der Waals surface area (Å²) in [5, 5.41) is 0.244. The molecule has 0 saturated carbocycles. The van der Waals surface area contributed by atoms with Crippen molar-refractivity contribution < 1.29 is 18.7 Å². The summed E-state index contributed by atoms with van der Waals surface area (Å²) in [5.41, 5.74) is 7.88. The molecule has 0 bridgehead atoms. The molecular formula is C18H17ClFN3O3. The van der Waals surface area contributed by atoms with Gasteiger partial charge in [-0.2, -0.15) is 0 Å². The number of rotatable bonds is 4. The molecule has 0 spiro atoms. The zero-order valence-electron chi connectivity index (χ0n) is 14.3. The Kier molecular flexibility index (Phi) is 4.82. The Balaban J connectivity index is 2.01. The zero-order chi connectivity index (χ0) is 19.0. The first kappa shape index (κ1) is 18.1. The minimum Gasteiger partial charge on any atom is -0.462 e. The molecule has 0 fully saturated rings. The summed E-state index contributed by atoms with van der Waals surface area (Å²) in [6.07, 6.45) is 0.0178. The lowest BCUT2D eigenvalue weighted by Crippen LogP contribution is -2.27. The first-order valence-corrected chi connectivity index (χ1v) is 8.41.